The Hall–Kier alpha value is -5.02. The van der Waals surface area contributed by atoms with Gasteiger partial charge in [0.1, 0.15) is 0 Å². The third-order valence-corrected chi connectivity index (χ3v) is 14.6. The maximum Gasteiger partial charge on any atom is 0.333 e. The van der Waals surface area contributed by atoms with E-state index in [4.69, 9.17) is 0 Å². The van der Waals surface area contributed by atoms with Crippen LogP contribution in [0.5, 0.6) is 0 Å². The van der Waals surface area contributed by atoms with E-state index in [1.54, 1.807) is 5.56 Å². The Kier molecular flexibility index (Phi) is 6.57. The fourth-order valence-corrected chi connectivity index (χ4v) is 11.6. The van der Waals surface area contributed by atoms with Crippen molar-refractivity contribution in [2.24, 2.45) is 0 Å². The maximum absolute atomic E-state index is 2.91. The van der Waals surface area contributed by atoms with Gasteiger partial charge in [-0.1, -0.05) is 158 Å². The summed E-state index contributed by atoms with van der Waals surface area (Å²) in [6, 6.07) is 44.7. The molecule has 11 rings (SSSR count). The van der Waals surface area contributed by atoms with Gasteiger partial charge < -0.3 is 9.38 Å². The van der Waals surface area contributed by atoms with Gasteiger partial charge in [0.25, 0.3) is 0 Å². The average Bonchev–Trinajstić information content (AvgIpc) is 3.62. The lowest BCUT2D eigenvalue weighted by molar-refractivity contribution is 0.196. The topological polar surface area (TPSA) is 8.17 Å². The van der Waals surface area contributed by atoms with Crippen LogP contribution in [0.15, 0.2) is 115 Å². The summed E-state index contributed by atoms with van der Waals surface area (Å²) >= 11 is 0. The molecule has 4 heterocycles. The molecule has 1 aromatic heterocycles. The predicted molar refractivity (Wildman–Crippen MR) is 236 cm³/mol. The summed E-state index contributed by atoms with van der Waals surface area (Å²) in [5, 5.41) is 4.16. The highest BCUT2D eigenvalue weighted by atomic mass is 15.3. The molecule has 4 aliphatic rings. The molecular weight excluding hydrogens is 663 g/mol. The predicted octanol–water partition coefficient (Wildman–Crippen LogP) is 12.4. The van der Waals surface area contributed by atoms with E-state index in [2.05, 4.69) is 180 Å². The molecule has 0 bridgehead atoms. The zero-order chi connectivity index (χ0) is 37.8. The van der Waals surface area contributed by atoms with Crippen molar-refractivity contribution in [3.63, 3.8) is 0 Å². The van der Waals surface area contributed by atoms with Gasteiger partial charge in [-0.2, -0.15) is 0 Å². The smallest absolute Gasteiger partial charge is 0.333 e. The molecule has 2 unspecified atom stereocenters. The fraction of sp³-hybridized carbons (Fsp3) is 0.308. The number of nitrogens with zero attached hydrogens (tertiary/aromatic N) is 2. The minimum Gasteiger partial charge on any atom is -0.375 e. The molecule has 55 heavy (non-hydrogen) atoms. The van der Waals surface area contributed by atoms with E-state index in [-0.39, 0.29) is 28.6 Å². The van der Waals surface area contributed by atoms with Gasteiger partial charge in [0, 0.05) is 44.5 Å². The van der Waals surface area contributed by atoms with Crippen LogP contribution in [0.25, 0.3) is 55.2 Å². The van der Waals surface area contributed by atoms with Gasteiger partial charge in [-0.15, -0.1) is 0 Å². The normalized spacial score (nSPS) is 20.9. The Balaban J connectivity index is 1.40. The lowest BCUT2D eigenvalue weighted by Crippen LogP contribution is -2.62. The first-order chi connectivity index (χ1) is 26.3. The zero-order valence-electron chi connectivity index (χ0n) is 33.8. The first kappa shape index (κ1) is 33.3. The number of benzene rings is 6. The highest BCUT2D eigenvalue weighted by Gasteiger charge is 2.62. The minimum atomic E-state index is -0.0429. The van der Waals surface area contributed by atoms with Gasteiger partial charge >= 0.3 is 6.85 Å². The Morgan fingerprint density at radius 3 is 1.95 bits per heavy atom. The Morgan fingerprint density at radius 2 is 1.24 bits per heavy atom. The van der Waals surface area contributed by atoms with Crippen LogP contribution in [0, 0.1) is 0 Å². The molecule has 2 atom stereocenters. The molecular formula is C52H51BN2. The van der Waals surface area contributed by atoms with Crippen LogP contribution in [-0.2, 0) is 16.2 Å². The molecule has 1 fully saturated rings. The van der Waals surface area contributed by atoms with Crippen molar-refractivity contribution in [1.29, 1.82) is 0 Å². The summed E-state index contributed by atoms with van der Waals surface area (Å²) in [6.45, 7) is 19.6. The van der Waals surface area contributed by atoms with E-state index in [1.165, 1.54) is 114 Å². The van der Waals surface area contributed by atoms with Crippen LogP contribution < -0.4 is 15.8 Å². The van der Waals surface area contributed by atoms with Crippen molar-refractivity contribution in [1.82, 2.24) is 4.48 Å². The standard InChI is InChI=1S/C52H51BN2/c1-49(2,3)35-29-39-38-28-36(50(4,5)6)31-42-45(38)53(55-46(33-21-13-10-14-22-33)43(40(30-35)47(39)55)32-19-11-9-12-20-32)41-27-34-23-15-16-24-37(34)44-48(41)54(42)52(8)26-18-17-25-51(44,52)7/h9-16,19-24,27-31H,17-18,25-26H2,1-8H3. The van der Waals surface area contributed by atoms with Gasteiger partial charge in [0.05, 0.1) is 5.54 Å². The Bertz CT molecular complexity index is 2760. The summed E-state index contributed by atoms with van der Waals surface area (Å²) in [5.41, 5.74) is 19.5. The Labute approximate surface area is 327 Å². The molecule has 0 N–H and O–H groups in total. The second-order valence-corrected chi connectivity index (χ2v) is 19.7. The van der Waals surface area contributed by atoms with Gasteiger partial charge in [0.15, 0.2) is 0 Å². The Morgan fingerprint density at radius 1 is 0.618 bits per heavy atom. The maximum atomic E-state index is 2.91. The summed E-state index contributed by atoms with van der Waals surface area (Å²) in [7, 11) is 0. The van der Waals surface area contributed by atoms with Gasteiger partial charge in [-0.3, -0.25) is 0 Å². The number of hydrogen-bond donors (Lipinski definition) is 0. The SMILES string of the molecule is CC(C)(C)c1cc2c3c(c1)N1c4c(cc5ccccc5c4C4(C)CCCCC14C)B3n1c(-c3ccccc3)c(-c3ccccc3)c3cc(C(C)(C)C)cc-2c31. The average molecular weight is 715 g/mol. The van der Waals surface area contributed by atoms with Crippen molar-refractivity contribution in [3.05, 3.63) is 132 Å². The molecule has 2 nitrogen and oxygen atoms in total. The molecule has 1 aliphatic carbocycles. The largest absolute Gasteiger partial charge is 0.375 e. The van der Waals surface area contributed by atoms with Gasteiger partial charge in [0.2, 0.25) is 0 Å². The molecule has 7 aromatic rings. The first-order valence-corrected chi connectivity index (χ1v) is 20.7. The van der Waals surface area contributed by atoms with Crippen molar-refractivity contribution >= 4 is 50.8 Å². The molecule has 3 heteroatoms. The van der Waals surface area contributed by atoms with Crippen molar-refractivity contribution < 1.29 is 0 Å². The second kappa shape index (κ2) is 10.8. The zero-order valence-corrected chi connectivity index (χ0v) is 33.8. The van der Waals surface area contributed by atoms with E-state index in [0.717, 1.165) is 0 Å². The van der Waals surface area contributed by atoms with Crippen LogP contribution in [0.2, 0.25) is 0 Å². The van der Waals surface area contributed by atoms with Crippen LogP contribution in [0.4, 0.5) is 11.4 Å². The van der Waals surface area contributed by atoms with E-state index in [9.17, 15) is 0 Å². The lowest BCUT2D eigenvalue weighted by atomic mass is 9.44. The third-order valence-electron chi connectivity index (χ3n) is 14.6. The summed E-state index contributed by atoms with van der Waals surface area (Å²) in [4.78, 5) is 2.91. The molecule has 0 radical (unpaired) electrons. The van der Waals surface area contributed by atoms with Crippen LogP contribution >= 0.6 is 0 Å². The van der Waals surface area contributed by atoms with Crippen molar-refractivity contribution in [2.75, 3.05) is 4.90 Å². The quantitative estimate of drug-likeness (QED) is 0.162. The van der Waals surface area contributed by atoms with E-state index >= 15 is 0 Å². The highest BCUT2D eigenvalue weighted by Crippen LogP contribution is 2.63. The first-order valence-electron chi connectivity index (χ1n) is 20.7. The van der Waals surface area contributed by atoms with Crippen molar-refractivity contribution in [2.45, 2.75) is 103 Å². The number of aromatic nitrogens is 1. The van der Waals surface area contributed by atoms with Gasteiger partial charge in [-0.05, 0) is 104 Å². The lowest BCUT2D eigenvalue weighted by Gasteiger charge is -2.52. The van der Waals surface area contributed by atoms with E-state index in [1.807, 2.05) is 0 Å². The summed E-state index contributed by atoms with van der Waals surface area (Å²) in [6.07, 6.45) is 4.95. The van der Waals surface area contributed by atoms with Crippen LogP contribution in [0.3, 0.4) is 0 Å². The number of hydrogen-bond acceptors (Lipinski definition) is 1. The molecule has 1 saturated carbocycles. The molecule has 0 spiro atoms. The molecule has 0 amide bonds. The highest BCUT2D eigenvalue weighted by molar-refractivity contribution is 6.90. The molecule has 0 saturated heterocycles. The monoisotopic (exact) mass is 714 g/mol. The molecule has 272 valence electrons. The van der Waals surface area contributed by atoms with Crippen LogP contribution in [0.1, 0.15) is 97.8 Å². The number of fused-ring (bicyclic) bond motifs is 9. The number of anilines is 2. The second-order valence-electron chi connectivity index (χ2n) is 19.7. The number of rotatable bonds is 2. The molecule has 3 aliphatic heterocycles. The third kappa shape index (κ3) is 4.22. The summed E-state index contributed by atoms with van der Waals surface area (Å²) < 4.78 is 2.81. The fourth-order valence-electron chi connectivity index (χ4n) is 11.6. The minimum absolute atomic E-state index is 0.0177. The van der Waals surface area contributed by atoms with Crippen molar-refractivity contribution in [3.8, 4) is 33.5 Å². The van der Waals surface area contributed by atoms with E-state index in [0.29, 0.717) is 0 Å². The van der Waals surface area contributed by atoms with Crippen LogP contribution in [-0.4, -0.2) is 16.9 Å². The molecule has 6 aromatic carbocycles. The summed E-state index contributed by atoms with van der Waals surface area (Å²) in [5.74, 6) is 0. The van der Waals surface area contributed by atoms with Gasteiger partial charge in [-0.25, -0.2) is 0 Å². The van der Waals surface area contributed by atoms with E-state index < -0.39 is 0 Å².